The predicted octanol–water partition coefficient (Wildman–Crippen LogP) is 1.86. The van der Waals surface area contributed by atoms with Crippen LogP contribution in [-0.4, -0.2) is 18.4 Å². The first kappa shape index (κ1) is 9.87. The maximum absolute atomic E-state index is 11.9. The molecule has 2 nitrogen and oxygen atoms in total. The lowest BCUT2D eigenvalue weighted by atomic mass is 9.94. The van der Waals surface area contributed by atoms with E-state index in [2.05, 4.69) is 12.2 Å². The summed E-state index contributed by atoms with van der Waals surface area (Å²) in [7, 11) is 0. The van der Waals surface area contributed by atoms with Gasteiger partial charge in [0.2, 0.25) is 0 Å². The first-order chi connectivity index (χ1) is 6.77. The van der Waals surface area contributed by atoms with Crippen molar-refractivity contribution in [1.29, 1.82) is 0 Å². The van der Waals surface area contributed by atoms with E-state index < -0.39 is 0 Å². The molecule has 2 unspecified atom stereocenters. The molecule has 1 N–H and O–H groups in total. The van der Waals surface area contributed by atoms with Crippen LogP contribution in [0.3, 0.4) is 0 Å². The highest BCUT2D eigenvalue weighted by Crippen LogP contribution is 2.19. The zero-order valence-electron chi connectivity index (χ0n) is 8.32. The molecule has 1 aromatic rings. The molecular weight excluding hydrogens is 194 g/mol. The van der Waals surface area contributed by atoms with Gasteiger partial charge in [-0.3, -0.25) is 4.79 Å². The second-order valence-electron chi connectivity index (χ2n) is 3.86. The maximum atomic E-state index is 11.9. The third-order valence-electron chi connectivity index (χ3n) is 2.87. The lowest BCUT2D eigenvalue weighted by Gasteiger charge is -2.12. The molecule has 2 atom stereocenters. The fourth-order valence-corrected chi connectivity index (χ4v) is 2.73. The number of thiophene rings is 1. The first-order valence-corrected chi connectivity index (χ1v) is 5.94. The molecule has 0 radical (unpaired) electrons. The van der Waals surface area contributed by atoms with Gasteiger partial charge in [0.25, 0.3) is 0 Å². The number of nitrogens with one attached hydrogen (secondary N) is 1. The van der Waals surface area contributed by atoms with Crippen LogP contribution in [0, 0.1) is 5.92 Å². The Labute approximate surface area is 88.3 Å². The average molecular weight is 209 g/mol. The lowest BCUT2D eigenvalue weighted by molar-refractivity contribution is -0.122. The van der Waals surface area contributed by atoms with Gasteiger partial charge in [0.15, 0.2) is 0 Å². The molecule has 2 rings (SSSR count). The molecule has 0 saturated carbocycles. The summed E-state index contributed by atoms with van der Waals surface area (Å²) in [5.74, 6) is 0.627. The predicted molar refractivity (Wildman–Crippen MR) is 58.6 cm³/mol. The number of hydrogen-bond donors (Lipinski definition) is 1. The van der Waals surface area contributed by atoms with Crippen molar-refractivity contribution in [3.05, 3.63) is 22.4 Å². The number of carbonyl (C=O) groups excluding carboxylic acids is 1. The van der Waals surface area contributed by atoms with Crippen molar-refractivity contribution in [2.24, 2.45) is 5.92 Å². The van der Waals surface area contributed by atoms with Crippen LogP contribution in [0.4, 0.5) is 0 Å². The Morgan fingerprint density at radius 3 is 3.14 bits per heavy atom. The molecule has 1 aromatic heterocycles. The van der Waals surface area contributed by atoms with Crippen molar-refractivity contribution in [2.45, 2.75) is 25.8 Å². The molecule has 0 amide bonds. The van der Waals surface area contributed by atoms with Gasteiger partial charge in [0, 0.05) is 23.3 Å². The summed E-state index contributed by atoms with van der Waals surface area (Å²) in [6.07, 6.45) is 1.62. The number of Topliss-reactive ketones (excluding diaryl/α,β-unsaturated/α-hetero) is 1. The quantitative estimate of drug-likeness (QED) is 0.823. The van der Waals surface area contributed by atoms with E-state index in [-0.39, 0.29) is 5.92 Å². The van der Waals surface area contributed by atoms with Gasteiger partial charge in [-0.2, -0.15) is 0 Å². The Hall–Kier alpha value is -0.670. The third kappa shape index (κ3) is 2.04. The second kappa shape index (κ2) is 4.24. The van der Waals surface area contributed by atoms with E-state index in [1.807, 2.05) is 17.5 Å². The second-order valence-corrected chi connectivity index (χ2v) is 4.89. The lowest BCUT2D eigenvalue weighted by Crippen LogP contribution is -2.28. The number of carbonyl (C=O) groups is 1. The van der Waals surface area contributed by atoms with E-state index in [1.165, 1.54) is 4.88 Å². The van der Waals surface area contributed by atoms with E-state index in [1.54, 1.807) is 11.3 Å². The van der Waals surface area contributed by atoms with E-state index in [9.17, 15) is 4.79 Å². The largest absolute Gasteiger partial charge is 0.314 e. The van der Waals surface area contributed by atoms with Gasteiger partial charge in [-0.1, -0.05) is 6.07 Å². The topological polar surface area (TPSA) is 29.1 Å². The SMILES string of the molecule is CC1NCCC1C(=O)Cc1cccs1. The fourth-order valence-electron chi connectivity index (χ4n) is 2.01. The Kier molecular flexibility index (Phi) is 2.99. The van der Waals surface area contributed by atoms with Crippen molar-refractivity contribution in [3.63, 3.8) is 0 Å². The van der Waals surface area contributed by atoms with Gasteiger partial charge >= 0.3 is 0 Å². The van der Waals surface area contributed by atoms with Crippen LogP contribution in [0.15, 0.2) is 17.5 Å². The van der Waals surface area contributed by atoms with Gasteiger partial charge in [-0.25, -0.2) is 0 Å². The van der Waals surface area contributed by atoms with Gasteiger partial charge in [0.05, 0.1) is 0 Å². The minimum absolute atomic E-state index is 0.233. The zero-order chi connectivity index (χ0) is 9.97. The number of ketones is 1. The van der Waals surface area contributed by atoms with E-state index in [4.69, 9.17) is 0 Å². The van der Waals surface area contributed by atoms with Crippen LogP contribution in [0.25, 0.3) is 0 Å². The summed E-state index contributed by atoms with van der Waals surface area (Å²) < 4.78 is 0. The minimum Gasteiger partial charge on any atom is -0.314 e. The molecule has 1 fully saturated rings. The Morgan fingerprint density at radius 1 is 1.71 bits per heavy atom. The van der Waals surface area contributed by atoms with E-state index >= 15 is 0 Å². The highest BCUT2D eigenvalue weighted by atomic mass is 32.1. The molecule has 0 aliphatic carbocycles. The van der Waals surface area contributed by atoms with Crippen LogP contribution in [0.2, 0.25) is 0 Å². The van der Waals surface area contributed by atoms with E-state index in [0.717, 1.165) is 13.0 Å². The van der Waals surface area contributed by atoms with Gasteiger partial charge in [-0.05, 0) is 31.3 Å². The summed E-state index contributed by atoms with van der Waals surface area (Å²) in [6.45, 7) is 3.09. The normalized spacial score (nSPS) is 26.6. The van der Waals surface area contributed by atoms with Crippen molar-refractivity contribution >= 4 is 17.1 Å². The molecule has 0 bridgehead atoms. The number of rotatable bonds is 3. The summed E-state index contributed by atoms with van der Waals surface area (Å²) in [5, 5.41) is 5.34. The first-order valence-electron chi connectivity index (χ1n) is 5.06. The summed E-state index contributed by atoms with van der Waals surface area (Å²) >= 11 is 1.67. The van der Waals surface area contributed by atoms with Crippen molar-refractivity contribution in [2.75, 3.05) is 6.54 Å². The summed E-state index contributed by atoms with van der Waals surface area (Å²) in [4.78, 5) is 13.1. The van der Waals surface area contributed by atoms with Crippen LogP contribution in [0.5, 0.6) is 0 Å². The number of hydrogen-bond acceptors (Lipinski definition) is 3. The molecular formula is C11H15NOS. The fraction of sp³-hybridized carbons (Fsp3) is 0.545. The zero-order valence-corrected chi connectivity index (χ0v) is 9.14. The van der Waals surface area contributed by atoms with Crippen LogP contribution < -0.4 is 5.32 Å². The molecule has 3 heteroatoms. The molecule has 1 saturated heterocycles. The Balaban J connectivity index is 1.95. The molecule has 0 aromatic carbocycles. The van der Waals surface area contributed by atoms with Crippen LogP contribution in [0.1, 0.15) is 18.2 Å². The molecule has 0 spiro atoms. The molecule has 76 valence electrons. The monoisotopic (exact) mass is 209 g/mol. The third-order valence-corrected chi connectivity index (χ3v) is 3.74. The Bertz CT molecular complexity index is 307. The Morgan fingerprint density at radius 2 is 2.57 bits per heavy atom. The van der Waals surface area contributed by atoms with Crippen LogP contribution >= 0.6 is 11.3 Å². The molecule has 1 aliphatic heterocycles. The molecule has 14 heavy (non-hydrogen) atoms. The highest BCUT2D eigenvalue weighted by molar-refractivity contribution is 7.10. The average Bonchev–Trinajstić information content (AvgIpc) is 2.75. The minimum atomic E-state index is 0.233. The van der Waals surface area contributed by atoms with Crippen molar-refractivity contribution < 1.29 is 4.79 Å². The molecule has 1 aliphatic rings. The smallest absolute Gasteiger partial charge is 0.142 e. The maximum Gasteiger partial charge on any atom is 0.142 e. The summed E-state index contributed by atoms with van der Waals surface area (Å²) in [5.41, 5.74) is 0. The van der Waals surface area contributed by atoms with Crippen molar-refractivity contribution in [3.8, 4) is 0 Å². The van der Waals surface area contributed by atoms with E-state index in [0.29, 0.717) is 18.2 Å². The highest BCUT2D eigenvalue weighted by Gasteiger charge is 2.28. The van der Waals surface area contributed by atoms with Crippen molar-refractivity contribution in [1.82, 2.24) is 5.32 Å². The van der Waals surface area contributed by atoms with Gasteiger partial charge in [-0.15, -0.1) is 11.3 Å². The summed E-state index contributed by atoms with van der Waals surface area (Å²) in [6, 6.07) is 4.40. The van der Waals surface area contributed by atoms with Gasteiger partial charge < -0.3 is 5.32 Å². The standard InChI is InChI=1S/C11H15NOS/c1-8-10(4-5-12-8)11(13)7-9-3-2-6-14-9/h2-3,6,8,10,12H,4-5,7H2,1H3. The van der Waals surface area contributed by atoms with Gasteiger partial charge in [0.1, 0.15) is 5.78 Å². The molecule has 2 heterocycles. The van der Waals surface area contributed by atoms with Crippen LogP contribution in [-0.2, 0) is 11.2 Å².